The maximum atomic E-state index is 10.7. The van der Waals surface area contributed by atoms with Crippen LogP contribution in [0.25, 0.3) is 0 Å². The Balaban J connectivity index is 2.81. The average Bonchev–Trinajstić information content (AvgIpc) is 2.54. The number of carbonyl (C=O) groups is 1. The van der Waals surface area contributed by atoms with Crippen molar-refractivity contribution in [1.82, 2.24) is 4.98 Å². The lowest BCUT2D eigenvalue weighted by Crippen LogP contribution is -2.28. The lowest BCUT2D eigenvalue weighted by molar-refractivity contribution is -0.137. The molecule has 0 aliphatic carbocycles. The van der Waals surface area contributed by atoms with Gasteiger partial charge in [-0.1, -0.05) is 29.9 Å². The number of halogens is 1. The second kappa shape index (κ2) is 4.96. The molecule has 0 radical (unpaired) electrons. The van der Waals surface area contributed by atoms with Crippen molar-refractivity contribution in [3.8, 4) is 6.07 Å². The van der Waals surface area contributed by atoms with Crippen LogP contribution in [-0.2, 0) is 4.79 Å². The summed E-state index contributed by atoms with van der Waals surface area (Å²) in [6.07, 6.45) is 0.425. The van der Waals surface area contributed by atoms with Crippen molar-refractivity contribution in [2.45, 2.75) is 19.4 Å². The molecule has 2 N–H and O–H groups in total. The fourth-order valence-electron chi connectivity index (χ4n) is 0.920. The van der Waals surface area contributed by atoms with Crippen LogP contribution < -0.4 is 5.32 Å². The summed E-state index contributed by atoms with van der Waals surface area (Å²) in [5.74, 6) is -0.956. The smallest absolute Gasteiger partial charge is 0.326 e. The van der Waals surface area contributed by atoms with Crippen molar-refractivity contribution in [2.24, 2.45) is 0 Å². The molecule has 5 nitrogen and oxygen atoms in total. The van der Waals surface area contributed by atoms with Gasteiger partial charge in [0.1, 0.15) is 17.0 Å². The van der Waals surface area contributed by atoms with Gasteiger partial charge in [0.05, 0.1) is 0 Å². The number of carboxylic acids is 1. The van der Waals surface area contributed by atoms with Gasteiger partial charge in [-0.15, -0.1) is 0 Å². The largest absolute Gasteiger partial charge is 0.480 e. The van der Waals surface area contributed by atoms with Gasteiger partial charge in [-0.3, -0.25) is 0 Å². The molecule has 1 aromatic rings. The summed E-state index contributed by atoms with van der Waals surface area (Å²) in [6, 6.07) is 1.16. The average molecular weight is 246 g/mol. The minimum absolute atomic E-state index is 0.102. The van der Waals surface area contributed by atoms with E-state index in [0.717, 1.165) is 11.3 Å². The molecule has 1 aromatic heterocycles. The van der Waals surface area contributed by atoms with E-state index in [1.54, 1.807) is 6.92 Å². The molecule has 0 aromatic carbocycles. The van der Waals surface area contributed by atoms with Gasteiger partial charge in [-0.2, -0.15) is 5.26 Å². The van der Waals surface area contributed by atoms with Crippen LogP contribution in [0.1, 0.15) is 18.2 Å². The maximum absolute atomic E-state index is 10.7. The first-order chi connectivity index (χ1) is 7.08. The molecule has 1 rings (SSSR count). The van der Waals surface area contributed by atoms with E-state index in [9.17, 15) is 4.79 Å². The van der Waals surface area contributed by atoms with Gasteiger partial charge < -0.3 is 10.4 Å². The third-order valence-corrected chi connectivity index (χ3v) is 2.97. The number of nitrogens with one attached hydrogen (secondary N) is 1. The Bertz CT molecular complexity index is 413. The Labute approximate surface area is 95.3 Å². The van der Waals surface area contributed by atoms with Crippen molar-refractivity contribution in [2.75, 3.05) is 5.32 Å². The van der Waals surface area contributed by atoms with Crippen LogP contribution in [0.5, 0.6) is 0 Å². The van der Waals surface area contributed by atoms with E-state index >= 15 is 0 Å². The lowest BCUT2D eigenvalue weighted by atomic mass is 10.2. The summed E-state index contributed by atoms with van der Waals surface area (Å²) >= 11 is 6.68. The molecule has 80 valence electrons. The second-order valence-corrected chi connectivity index (χ2v) is 4.05. The molecule has 15 heavy (non-hydrogen) atoms. The predicted molar refractivity (Wildman–Crippen MR) is 57.2 cm³/mol. The number of nitrogens with zero attached hydrogens (tertiary/aromatic N) is 2. The topological polar surface area (TPSA) is 86.0 Å². The van der Waals surface area contributed by atoms with Gasteiger partial charge in [0.15, 0.2) is 10.3 Å². The third kappa shape index (κ3) is 2.81. The number of carboxylic acid groups (broad SMARTS) is 1. The van der Waals surface area contributed by atoms with Gasteiger partial charge in [0.25, 0.3) is 0 Å². The Kier molecular flexibility index (Phi) is 3.88. The zero-order valence-corrected chi connectivity index (χ0v) is 9.39. The molecule has 1 heterocycles. The van der Waals surface area contributed by atoms with Crippen molar-refractivity contribution in [3.63, 3.8) is 0 Å². The zero-order chi connectivity index (χ0) is 11.4. The molecule has 0 saturated heterocycles. The Morgan fingerprint density at radius 1 is 1.87 bits per heavy atom. The standard InChI is InChI=1S/C8H8ClN3O2S/c1-2-4(7(13)14)11-8-12-6(9)5(3-10)15-8/h4H,2H2,1H3,(H,11,12)(H,13,14). The van der Waals surface area contributed by atoms with Crippen LogP contribution in [0, 0.1) is 11.3 Å². The third-order valence-electron chi connectivity index (χ3n) is 1.69. The quantitative estimate of drug-likeness (QED) is 0.847. The number of aliphatic carboxylic acids is 1. The summed E-state index contributed by atoms with van der Waals surface area (Å²) in [7, 11) is 0. The summed E-state index contributed by atoms with van der Waals surface area (Å²) in [6.45, 7) is 1.74. The fraction of sp³-hybridized carbons (Fsp3) is 0.375. The minimum Gasteiger partial charge on any atom is -0.480 e. The molecule has 0 fully saturated rings. The van der Waals surface area contributed by atoms with Crippen LogP contribution in [0.3, 0.4) is 0 Å². The second-order valence-electron chi connectivity index (χ2n) is 2.69. The number of aromatic nitrogens is 1. The first kappa shape index (κ1) is 11.8. The van der Waals surface area contributed by atoms with E-state index in [-0.39, 0.29) is 10.0 Å². The molecule has 0 aliphatic rings. The highest BCUT2D eigenvalue weighted by Crippen LogP contribution is 2.26. The van der Waals surface area contributed by atoms with Crippen LogP contribution in [0.15, 0.2) is 0 Å². The fourth-order valence-corrected chi connectivity index (χ4v) is 1.92. The number of hydrogen-bond donors (Lipinski definition) is 2. The highest BCUT2D eigenvalue weighted by atomic mass is 35.5. The number of thiazole rings is 1. The molecular formula is C8H8ClN3O2S. The molecule has 7 heteroatoms. The van der Waals surface area contributed by atoms with Crippen molar-refractivity contribution in [1.29, 1.82) is 5.26 Å². The van der Waals surface area contributed by atoms with Gasteiger partial charge in [-0.05, 0) is 6.42 Å². The predicted octanol–water partition coefficient (Wildman–Crippen LogP) is 1.94. The molecule has 0 spiro atoms. The summed E-state index contributed by atoms with van der Waals surface area (Å²) in [5.41, 5.74) is 0. The van der Waals surface area contributed by atoms with E-state index in [4.69, 9.17) is 22.0 Å². The molecule has 1 atom stereocenters. The normalized spacial score (nSPS) is 11.8. The van der Waals surface area contributed by atoms with Crippen LogP contribution in [-0.4, -0.2) is 22.1 Å². The molecule has 0 bridgehead atoms. The van der Waals surface area contributed by atoms with Gasteiger partial charge in [-0.25, -0.2) is 9.78 Å². The van der Waals surface area contributed by atoms with E-state index in [2.05, 4.69) is 10.3 Å². The number of rotatable bonds is 4. The van der Waals surface area contributed by atoms with Gasteiger partial charge in [0, 0.05) is 0 Å². The first-order valence-corrected chi connectivity index (χ1v) is 5.33. The molecule has 0 aliphatic heterocycles. The van der Waals surface area contributed by atoms with Crippen molar-refractivity contribution in [3.05, 3.63) is 10.0 Å². The van der Waals surface area contributed by atoms with Crippen LogP contribution in [0.4, 0.5) is 5.13 Å². The van der Waals surface area contributed by atoms with E-state index in [1.165, 1.54) is 0 Å². The lowest BCUT2D eigenvalue weighted by Gasteiger charge is -2.09. The van der Waals surface area contributed by atoms with Crippen molar-refractivity contribution >= 4 is 34.0 Å². The van der Waals surface area contributed by atoms with Crippen molar-refractivity contribution < 1.29 is 9.90 Å². The van der Waals surface area contributed by atoms with E-state index < -0.39 is 12.0 Å². The summed E-state index contributed by atoms with van der Waals surface area (Å²) < 4.78 is 0. The monoisotopic (exact) mass is 245 g/mol. The van der Waals surface area contributed by atoms with Crippen LogP contribution in [0.2, 0.25) is 5.15 Å². The maximum Gasteiger partial charge on any atom is 0.326 e. The molecule has 0 saturated carbocycles. The Morgan fingerprint density at radius 2 is 2.53 bits per heavy atom. The Morgan fingerprint density at radius 3 is 2.93 bits per heavy atom. The number of hydrogen-bond acceptors (Lipinski definition) is 5. The molecule has 0 amide bonds. The van der Waals surface area contributed by atoms with Crippen LogP contribution >= 0.6 is 22.9 Å². The Hall–Kier alpha value is -1.32. The molecule has 1 unspecified atom stereocenters. The number of nitriles is 1. The summed E-state index contributed by atoms with van der Waals surface area (Å²) in [4.78, 5) is 14.8. The highest BCUT2D eigenvalue weighted by molar-refractivity contribution is 7.16. The minimum atomic E-state index is -0.956. The summed E-state index contributed by atoms with van der Waals surface area (Å²) in [5, 5.41) is 20.6. The SMILES string of the molecule is CCC(Nc1nc(Cl)c(C#N)s1)C(=O)O. The highest BCUT2D eigenvalue weighted by Gasteiger charge is 2.17. The van der Waals surface area contributed by atoms with E-state index in [1.807, 2.05) is 6.07 Å². The zero-order valence-electron chi connectivity index (χ0n) is 7.82. The van der Waals surface area contributed by atoms with Gasteiger partial charge >= 0.3 is 5.97 Å². The van der Waals surface area contributed by atoms with E-state index in [0.29, 0.717) is 11.6 Å². The molecular weight excluding hydrogens is 238 g/mol. The number of anilines is 1. The first-order valence-electron chi connectivity index (χ1n) is 4.14. The van der Waals surface area contributed by atoms with Gasteiger partial charge in [0.2, 0.25) is 0 Å².